The molecule has 0 aliphatic heterocycles. The van der Waals surface area contributed by atoms with Crippen molar-refractivity contribution >= 4 is 16.7 Å². The highest BCUT2D eigenvalue weighted by molar-refractivity contribution is 5.83. The van der Waals surface area contributed by atoms with Gasteiger partial charge in [0.05, 0.1) is 11.1 Å². The van der Waals surface area contributed by atoms with Crippen molar-refractivity contribution in [3.63, 3.8) is 0 Å². The van der Waals surface area contributed by atoms with Crippen molar-refractivity contribution in [2.24, 2.45) is 11.8 Å². The molecule has 1 aliphatic rings. The number of rotatable bonds is 3. The first-order valence-corrected chi connectivity index (χ1v) is 6.70. The van der Waals surface area contributed by atoms with Gasteiger partial charge in [-0.1, -0.05) is 25.1 Å². The molecule has 0 N–H and O–H groups in total. The summed E-state index contributed by atoms with van der Waals surface area (Å²) in [5.74, 6) is 2.37. The van der Waals surface area contributed by atoms with Crippen molar-refractivity contribution < 1.29 is 0 Å². The Kier molecular flexibility index (Phi) is 2.87. The zero-order valence-electron chi connectivity index (χ0n) is 11.3. The van der Waals surface area contributed by atoms with Crippen molar-refractivity contribution in [3.8, 4) is 6.07 Å². The zero-order valence-corrected chi connectivity index (χ0v) is 11.3. The van der Waals surface area contributed by atoms with Crippen LogP contribution < -0.4 is 4.90 Å². The van der Waals surface area contributed by atoms with Gasteiger partial charge >= 0.3 is 0 Å². The second-order valence-electron chi connectivity index (χ2n) is 5.52. The summed E-state index contributed by atoms with van der Waals surface area (Å²) in [4.78, 5) is 6.78. The van der Waals surface area contributed by atoms with Gasteiger partial charge in [-0.15, -0.1) is 0 Å². The van der Waals surface area contributed by atoms with Gasteiger partial charge in [-0.05, 0) is 30.4 Å². The van der Waals surface area contributed by atoms with Gasteiger partial charge in [0.15, 0.2) is 0 Å². The van der Waals surface area contributed by atoms with E-state index in [2.05, 4.69) is 22.9 Å². The molecule has 1 aromatic carbocycles. The fourth-order valence-electron chi connectivity index (χ4n) is 2.57. The third-order valence-corrected chi connectivity index (χ3v) is 3.97. The van der Waals surface area contributed by atoms with Crippen molar-refractivity contribution in [2.45, 2.75) is 13.3 Å². The second-order valence-corrected chi connectivity index (χ2v) is 5.52. The van der Waals surface area contributed by atoms with Crippen molar-refractivity contribution in [2.75, 3.05) is 18.5 Å². The van der Waals surface area contributed by atoms with Crippen molar-refractivity contribution in [3.05, 3.63) is 35.9 Å². The lowest BCUT2D eigenvalue weighted by atomic mass is 10.1. The molecular weight excluding hydrogens is 234 g/mol. The molecular formula is C16H17N3. The van der Waals surface area contributed by atoms with Crippen LogP contribution in [0.4, 0.5) is 5.82 Å². The van der Waals surface area contributed by atoms with E-state index in [0.717, 1.165) is 35.1 Å². The molecule has 2 atom stereocenters. The van der Waals surface area contributed by atoms with Gasteiger partial charge in [0.2, 0.25) is 0 Å². The molecule has 2 aromatic rings. The molecule has 0 saturated heterocycles. The molecule has 0 spiro atoms. The Balaban J connectivity index is 1.99. The third-order valence-electron chi connectivity index (χ3n) is 3.97. The first kappa shape index (κ1) is 12.0. The number of hydrogen-bond acceptors (Lipinski definition) is 3. The number of aromatic nitrogens is 1. The number of nitriles is 1. The SMILES string of the molecule is CC1CC1CN(C)c1nc2ccccc2cc1C#N. The summed E-state index contributed by atoms with van der Waals surface area (Å²) < 4.78 is 0. The van der Waals surface area contributed by atoms with E-state index in [1.165, 1.54) is 6.42 Å². The number of fused-ring (bicyclic) bond motifs is 1. The summed E-state index contributed by atoms with van der Waals surface area (Å²) in [7, 11) is 2.03. The summed E-state index contributed by atoms with van der Waals surface area (Å²) in [6, 6.07) is 12.1. The van der Waals surface area contributed by atoms with Crippen LogP contribution in [0.1, 0.15) is 18.9 Å². The molecule has 96 valence electrons. The third kappa shape index (κ3) is 2.26. The van der Waals surface area contributed by atoms with Crippen LogP contribution in [0, 0.1) is 23.2 Å². The predicted octanol–water partition coefficient (Wildman–Crippen LogP) is 3.20. The number of pyridine rings is 1. The summed E-state index contributed by atoms with van der Waals surface area (Å²) in [6.45, 7) is 3.26. The lowest BCUT2D eigenvalue weighted by Crippen LogP contribution is -2.22. The average Bonchev–Trinajstić information content (AvgIpc) is 3.12. The minimum atomic E-state index is 0.662. The molecule has 3 rings (SSSR count). The number of hydrogen-bond donors (Lipinski definition) is 0. The summed E-state index contributed by atoms with van der Waals surface area (Å²) >= 11 is 0. The minimum Gasteiger partial charge on any atom is -0.358 e. The van der Waals surface area contributed by atoms with Crippen LogP contribution in [-0.2, 0) is 0 Å². The summed E-state index contributed by atoms with van der Waals surface area (Å²) in [5.41, 5.74) is 1.61. The molecule has 1 aromatic heterocycles. The number of para-hydroxylation sites is 1. The van der Waals surface area contributed by atoms with Crippen LogP contribution in [0.5, 0.6) is 0 Å². The molecule has 0 bridgehead atoms. The molecule has 0 radical (unpaired) electrons. The Morgan fingerprint density at radius 3 is 2.84 bits per heavy atom. The average molecular weight is 251 g/mol. The first-order chi connectivity index (χ1) is 9.19. The van der Waals surface area contributed by atoms with Gasteiger partial charge in [-0.3, -0.25) is 0 Å². The lowest BCUT2D eigenvalue weighted by Gasteiger charge is -2.19. The van der Waals surface area contributed by atoms with E-state index in [1.54, 1.807) is 0 Å². The smallest absolute Gasteiger partial charge is 0.147 e. The van der Waals surface area contributed by atoms with Gasteiger partial charge in [-0.25, -0.2) is 4.98 Å². The van der Waals surface area contributed by atoms with E-state index in [-0.39, 0.29) is 0 Å². The Bertz CT molecular complexity index is 657. The zero-order chi connectivity index (χ0) is 13.4. The molecule has 1 aliphatic carbocycles. The van der Waals surface area contributed by atoms with Crippen molar-refractivity contribution in [1.82, 2.24) is 4.98 Å². The van der Waals surface area contributed by atoms with E-state index in [1.807, 2.05) is 37.4 Å². The largest absolute Gasteiger partial charge is 0.358 e. The maximum absolute atomic E-state index is 9.31. The highest BCUT2D eigenvalue weighted by Crippen LogP contribution is 2.38. The monoisotopic (exact) mass is 251 g/mol. The number of nitrogens with zero attached hydrogens (tertiary/aromatic N) is 3. The molecule has 1 fully saturated rings. The number of benzene rings is 1. The van der Waals surface area contributed by atoms with E-state index in [0.29, 0.717) is 5.56 Å². The quantitative estimate of drug-likeness (QED) is 0.841. The minimum absolute atomic E-state index is 0.662. The molecule has 3 heteroatoms. The molecule has 3 nitrogen and oxygen atoms in total. The fourth-order valence-corrected chi connectivity index (χ4v) is 2.57. The van der Waals surface area contributed by atoms with Gasteiger partial charge in [0.25, 0.3) is 0 Å². The highest BCUT2D eigenvalue weighted by atomic mass is 15.2. The first-order valence-electron chi connectivity index (χ1n) is 6.70. The summed E-state index contributed by atoms with van der Waals surface area (Å²) in [5, 5.41) is 10.3. The highest BCUT2D eigenvalue weighted by Gasteiger charge is 2.33. The Labute approximate surface area is 113 Å². The summed E-state index contributed by atoms with van der Waals surface area (Å²) in [6.07, 6.45) is 1.29. The Morgan fingerprint density at radius 1 is 1.42 bits per heavy atom. The van der Waals surface area contributed by atoms with Gasteiger partial charge in [-0.2, -0.15) is 5.26 Å². The standard InChI is InChI=1S/C16H17N3/c1-11-7-14(11)10-19(2)16-13(9-17)8-12-5-3-4-6-15(12)18-16/h3-6,8,11,14H,7,10H2,1-2H3. The molecule has 2 unspecified atom stereocenters. The normalized spacial score (nSPS) is 21.1. The maximum atomic E-state index is 9.31. The molecule has 1 heterocycles. The van der Waals surface area contributed by atoms with Gasteiger partial charge < -0.3 is 4.90 Å². The van der Waals surface area contributed by atoms with Gasteiger partial charge in [0, 0.05) is 19.0 Å². The molecule has 0 amide bonds. The fraction of sp³-hybridized carbons (Fsp3) is 0.375. The van der Waals surface area contributed by atoms with E-state index in [4.69, 9.17) is 0 Å². The molecule has 19 heavy (non-hydrogen) atoms. The van der Waals surface area contributed by atoms with Crippen LogP contribution in [0.25, 0.3) is 10.9 Å². The van der Waals surface area contributed by atoms with Crippen LogP contribution in [0.3, 0.4) is 0 Å². The van der Waals surface area contributed by atoms with E-state index >= 15 is 0 Å². The van der Waals surface area contributed by atoms with Crippen LogP contribution in [-0.4, -0.2) is 18.6 Å². The maximum Gasteiger partial charge on any atom is 0.147 e. The lowest BCUT2D eigenvalue weighted by molar-refractivity contribution is 0.720. The Hall–Kier alpha value is -2.08. The van der Waals surface area contributed by atoms with E-state index < -0.39 is 0 Å². The topological polar surface area (TPSA) is 39.9 Å². The van der Waals surface area contributed by atoms with E-state index in [9.17, 15) is 5.26 Å². The predicted molar refractivity (Wildman–Crippen MR) is 77.0 cm³/mol. The Morgan fingerprint density at radius 2 is 2.16 bits per heavy atom. The van der Waals surface area contributed by atoms with Crippen LogP contribution >= 0.6 is 0 Å². The number of anilines is 1. The van der Waals surface area contributed by atoms with Crippen LogP contribution in [0.15, 0.2) is 30.3 Å². The van der Waals surface area contributed by atoms with Crippen LogP contribution in [0.2, 0.25) is 0 Å². The molecule has 1 saturated carbocycles. The van der Waals surface area contributed by atoms with Crippen molar-refractivity contribution in [1.29, 1.82) is 5.26 Å². The van der Waals surface area contributed by atoms with Gasteiger partial charge in [0.1, 0.15) is 11.9 Å². The second kappa shape index (κ2) is 4.55.